The summed E-state index contributed by atoms with van der Waals surface area (Å²) >= 11 is 0. The number of hydrogen-bond donors (Lipinski definition) is 1. The van der Waals surface area contributed by atoms with Crippen LogP contribution in [0.5, 0.6) is 0 Å². The average Bonchev–Trinajstić information content (AvgIpc) is 2.95. The van der Waals surface area contributed by atoms with Gasteiger partial charge in [-0.3, -0.25) is 4.79 Å². The normalized spacial score (nSPS) is 17.6. The van der Waals surface area contributed by atoms with Crippen molar-refractivity contribution < 1.29 is 4.79 Å². The molecule has 4 nitrogen and oxygen atoms in total. The Kier molecular flexibility index (Phi) is 3.78. The first kappa shape index (κ1) is 13.9. The number of amides is 1. The maximum atomic E-state index is 12.4. The van der Waals surface area contributed by atoms with Gasteiger partial charge in [0.25, 0.3) is 0 Å². The van der Waals surface area contributed by atoms with E-state index in [4.69, 9.17) is 0 Å². The predicted molar refractivity (Wildman–Crippen MR) is 83.2 cm³/mol. The highest BCUT2D eigenvalue weighted by atomic mass is 16.1. The van der Waals surface area contributed by atoms with Crippen molar-refractivity contribution in [1.82, 2.24) is 9.55 Å². The molecule has 1 aromatic carbocycles. The van der Waals surface area contributed by atoms with E-state index >= 15 is 0 Å². The Hall–Kier alpha value is -2.10. The summed E-state index contributed by atoms with van der Waals surface area (Å²) in [5, 5.41) is 3.02. The Morgan fingerprint density at radius 2 is 2.10 bits per heavy atom. The lowest BCUT2D eigenvalue weighted by atomic mass is 9.96. The van der Waals surface area contributed by atoms with Gasteiger partial charge in [-0.2, -0.15) is 0 Å². The first-order chi connectivity index (χ1) is 10.1. The first-order valence-electron chi connectivity index (χ1n) is 7.54. The quantitative estimate of drug-likeness (QED) is 0.940. The molecule has 2 heterocycles. The summed E-state index contributed by atoms with van der Waals surface area (Å²) in [6, 6.07) is 8.12. The molecule has 1 unspecified atom stereocenters. The number of carbonyl (C=O) groups excluding carboxylic acids is 1. The Labute approximate surface area is 125 Å². The summed E-state index contributed by atoms with van der Waals surface area (Å²) in [6.07, 6.45) is 5.39. The van der Waals surface area contributed by atoms with Gasteiger partial charge in [-0.15, -0.1) is 0 Å². The molecule has 0 saturated heterocycles. The molecule has 1 aromatic heterocycles. The van der Waals surface area contributed by atoms with Crippen molar-refractivity contribution in [2.24, 2.45) is 5.92 Å². The molecule has 1 aliphatic heterocycles. The van der Waals surface area contributed by atoms with Crippen molar-refractivity contribution in [2.75, 3.05) is 5.32 Å². The van der Waals surface area contributed by atoms with E-state index in [0.29, 0.717) is 5.92 Å². The van der Waals surface area contributed by atoms with Crippen molar-refractivity contribution >= 4 is 11.6 Å². The van der Waals surface area contributed by atoms with E-state index in [-0.39, 0.29) is 11.8 Å². The third kappa shape index (κ3) is 2.99. The van der Waals surface area contributed by atoms with Crippen LogP contribution in [-0.2, 0) is 17.8 Å². The fourth-order valence-corrected chi connectivity index (χ4v) is 2.77. The zero-order valence-corrected chi connectivity index (χ0v) is 12.5. The van der Waals surface area contributed by atoms with Crippen LogP contribution in [0.15, 0.2) is 36.7 Å². The zero-order chi connectivity index (χ0) is 14.8. The van der Waals surface area contributed by atoms with Crippen molar-refractivity contribution in [3.63, 3.8) is 0 Å². The van der Waals surface area contributed by atoms with Gasteiger partial charge in [-0.1, -0.05) is 26.0 Å². The topological polar surface area (TPSA) is 46.9 Å². The maximum absolute atomic E-state index is 12.4. The lowest BCUT2D eigenvalue weighted by molar-refractivity contribution is -0.120. The molecule has 0 spiro atoms. The van der Waals surface area contributed by atoms with Crippen LogP contribution in [0.25, 0.3) is 0 Å². The SMILES string of the molecule is CC(C)c1ccc(NC(=O)C2CCn3ccnc3C2)cc1. The minimum Gasteiger partial charge on any atom is -0.335 e. The molecule has 0 aliphatic carbocycles. The second kappa shape index (κ2) is 5.72. The van der Waals surface area contributed by atoms with Crippen LogP contribution in [0.3, 0.4) is 0 Å². The second-order valence-corrected chi connectivity index (χ2v) is 5.99. The monoisotopic (exact) mass is 283 g/mol. The molecule has 3 rings (SSSR count). The van der Waals surface area contributed by atoms with Gasteiger partial charge in [-0.25, -0.2) is 4.98 Å². The maximum Gasteiger partial charge on any atom is 0.228 e. The molecule has 1 atom stereocenters. The number of benzene rings is 1. The predicted octanol–water partition coefficient (Wildman–Crippen LogP) is 3.21. The third-order valence-corrected chi connectivity index (χ3v) is 4.16. The fraction of sp³-hybridized carbons (Fsp3) is 0.412. The minimum absolute atomic E-state index is 0.0182. The van der Waals surface area contributed by atoms with E-state index in [0.717, 1.165) is 30.9 Å². The average molecular weight is 283 g/mol. The van der Waals surface area contributed by atoms with Crippen molar-refractivity contribution in [2.45, 2.75) is 39.2 Å². The Morgan fingerprint density at radius 1 is 1.33 bits per heavy atom. The molecule has 1 amide bonds. The molecule has 1 N–H and O–H groups in total. The molecule has 0 saturated carbocycles. The van der Waals surface area contributed by atoms with Gasteiger partial charge >= 0.3 is 0 Å². The molecule has 110 valence electrons. The molecule has 0 bridgehead atoms. The molecule has 1 aliphatic rings. The number of anilines is 1. The Balaban J connectivity index is 1.64. The van der Waals surface area contributed by atoms with E-state index in [2.05, 4.69) is 40.8 Å². The number of nitrogens with zero attached hydrogens (tertiary/aromatic N) is 2. The van der Waals surface area contributed by atoms with Gasteiger partial charge in [0.2, 0.25) is 5.91 Å². The van der Waals surface area contributed by atoms with Crippen LogP contribution in [0.1, 0.15) is 37.6 Å². The van der Waals surface area contributed by atoms with Gasteiger partial charge < -0.3 is 9.88 Å². The molecule has 21 heavy (non-hydrogen) atoms. The molecular formula is C17H21N3O. The smallest absolute Gasteiger partial charge is 0.228 e. The van der Waals surface area contributed by atoms with Crippen molar-refractivity contribution in [3.8, 4) is 0 Å². The molecule has 0 radical (unpaired) electrons. The van der Waals surface area contributed by atoms with Crippen LogP contribution < -0.4 is 5.32 Å². The summed E-state index contributed by atoms with van der Waals surface area (Å²) < 4.78 is 2.13. The third-order valence-electron chi connectivity index (χ3n) is 4.16. The second-order valence-electron chi connectivity index (χ2n) is 5.99. The highest BCUT2D eigenvalue weighted by Crippen LogP contribution is 2.22. The van der Waals surface area contributed by atoms with E-state index in [1.54, 1.807) is 6.20 Å². The van der Waals surface area contributed by atoms with Crippen LogP contribution in [0.4, 0.5) is 5.69 Å². The molecule has 0 fully saturated rings. The van der Waals surface area contributed by atoms with E-state index in [1.807, 2.05) is 18.3 Å². The molecule has 2 aromatic rings. The number of rotatable bonds is 3. The summed E-state index contributed by atoms with van der Waals surface area (Å²) in [4.78, 5) is 16.7. The summed E-state index contributed by atoms with van der Waals surface area (Å²) in [5.74, 6) is 1.63. The van der Waals surface area contributed by atoms with Crippen molar-refractivity contribution in [1.29, 1.82) is 0 Å². The van der Waals surface area contributed by atoms with Gasteiger partial charge in [0.15, 0.2) is 0 Å². The Bertz CT molecular complexity index is 628. The standard InChI is InChI=1S/C17H21N3O/c1-12(2)13-3-5-15(6-4-13)19-17(21)14-7-9-20-10-8-18-16(20)11-14/h3-6,8,10,12,14H,7,9,11H2,1-2H3,(H,19,21). The van der Waals surface area contributed by atoms with E-state index in [1.165, 1.54) is 5.56 Å². The number of fused-ring (bicyclic) bond motifs is 1. The minimum atomic E-state index is 0.0182. The number of hydrogen-bond acceptors (Lipinski definition) is 2. The lowest BCUT2D eigenvalue weighted by Gasteiger charge is -2.22. The van der Waals surface area contributed by atoms with Crippen LogP contribution >= 0.6 is 0 Å². The number of carbonyl (C=O) groups is 1. The molecular weight excluding hydrogens is 262 g/mol. The number of aromatic nitrogens is 2. The highest BCUT2D eigenvalue weighted by molar-refractivity contribution is 5.92. The summed E-state index contributed by atoms with van der Waals surface area (Å²) in [5.41, 5.74) is 2.16. The summed E-state index contributed by atoms with van der Waals surface area (Å²) in [6.45, 7) is 5.20. The van der Waals surface area contributed by atoms with Crippen LogP contribution in [-0.4, -0.2) is 15.5 Å². The van der Waals surface area contributed by atoms with Crippen LogP contribution in [0, 0.1) is 5.92 Å². The first-order valence-corrected chi connectivity index (χ1v) is 7.54. The zero-order valence-electron chi connectivity index (χ0n) is 12.5. The van der Waals surface area contributed by atoms with Crippen molar-refractivity contribution in [3.05, 3.63) is 48.0 Å². The van der Waals surface area contributed by atoms with Gasteiger partial charge in [-0.05, 0) is 30.0 Å². The van der Waals surface area contributed by atoms with Gasteiger partial charge in [0.1, 0.15) is 5.82 Å². The van der Waals surface area contributed by atoms with Crippen LogP contribution in [0.2, 0.25) is 0 Å². The summed E-state index contributed by atoms with van der Waals surface area (Å²) in [7, 11) is 0. The number of imidazole rings is 1. The van der Waals surface area contributed by atoms with Gasteiger partial charge in [0, 0.05) is 37.0 Å². The highest BCUT2D eigenvalue weighted by Gasteiger charge is 2.25. The largest absolute Gasteiger partial charge is 0.335 e. The molecule has 4 heteroatoms. The Morgan fingerprint density at radius 3 is 2.81 bits per heavy atom. The van der Waals surface area contributed by atoms with Gasteiger partial charge in [0.05, 0.1) is 0 Å². The number of aryl methyl sites for hydroxylation is 1. The van der Waals surface area contributed by atoms with E-state index < -0.39 is 0 Å². The number of nitrogens with one attached hydrogen (secondary N) is 1. The lowest BCUT2D eigenvalue weighted by Crippen LogP contribution is -2.30. The fourth-order valence-electron chi connectivity index (χ4n) is 2.77. The van der Waals surface area contributed by atoms with E-state index in [9.17, 15) is 4.79 Å².